The first-order valence-corrected chi connectivity index (χ1v) is 7.89. The number of H-pyrrole nitrogens is 3. The highest BCUT2D eigenvalue weighted by Gasteiger charge is 2.24. The van der Waals surface area contributed by atoms with Crippen molar-refractivity contribution >= 4 is 11.2 Å². The summed E-state index contributed by atoms with van der Waals surface area (Å²) in [7, 11) is 0. The lowest BCUT2D eigenvalue weighted by molar-refractivity contribution is 0.299. The number of nitrogens with zero attached hydrogens (tertiary/aromatic N) is 1. The predicted octanol–water partition coefficient (Wildman–Crippen LogP) is 2.40. The molecule has 0 radical (unpaired) electrons. The maximum atomic E-state index is 11.7. The fraction of sp³-hybridized carbons (Fsp3) is 0.667. The summed E-state index contributed by atoms with van der Waals surface area (Å²) < 4.78 is 0. The highest BCUT2D eigenvalue weighted by molar-refractivity contribution is 5.68. The molecule has 21 heavy (non-hydrogen) atoms. The monoisotopic (exact) mass is 290 g/mol. The van der Waals surface area contributed by atoms with E-state index >= 15 is 0 Å². The van der Waals surface area contributed by atoms with E-state index in [0.717, 1.165) is 24.6 Å². The Morgan fingerprint density at radius 2 is 1.86 bits per heavy atom. The lowest BCUT2D eigenvalue weighted by atomic mass is 9.79. The van der Waals surface area contributed by atoms with Crippen LogP contribution < -0.4 is 11.2 Å². The number of rotatable bonds is 4. The molecule has 1 aliphatic carbocycles. The van der Waals surface area contributed by atoms with Crippen LogP contribution in [0.15, 0.2) is 9.59 Å². The van der Waals surface area contributed by atoms with Crippen LogP contribution in [0.4, 0.5) is 0 Å². The third-order valence-electron chi connectivity index (χ3n) is 4.61. The molecule has 0 aromatic carbocycles. The molecule has 6 heteroatoms. The topological polar surface area (TPSA) is 94.4 Å². The zero-order chi connectivity index (χ0) is 14.8. The second-order valence-corrected chi connectivity index (χ2v) is 6.11. The van der Waals surface area contributed by atoms with Gasteiger partial charge in [0.25, 0.3) is 5.56 Å². The first-order chi connectivity index (χ1) is 10.2. The number of nitrogens with one attached hydrogen (secondary N) is 3. The van der Waals surface area contributed by atoms with E-state index in [0.29, 0.717) is 17.1 Å². The number of aromatic nitrogens is 4. The van der Waals surface area contributed by atoms with Gasteiger partial charge in [0.1, 0.15) is 11.3 Å². The average molecular weight is 290 g/mol. The minimum absolute atomic E-state index is 0.367. The smallest absolute Gasteiger partial charge is 0.327 e. The van der Waals surface area contributed by atoms with E-state index in [9.17, 15) is 9.59 Å². The molecule has 3 rings (SSSR count). The van der Waals surface area contributed by atoms with Gasteiger partial charge in [-0.1, -0.05) is 26.2 Å². The SMILES string of the molecule is CCCCC1CCC(c2nc3[nH]c(=O)[nH]c(=O)c3[nH]2)CC1. The van der Waals surface area contributed by atoms with Crippen LogP contribution in [0.1, 0.15) is 63.6 Å². The van der Waals surface area contributed by atoms with Crippen LogP contribution in [0.25, 0.3) is 11.2 Å². The molecule has 114 valence electrons. The zero-order valence-electron chi connectivity index (χ0n) is 12.4. The Balaban J connectivity index is 1.75. The quantitative estimate of drug-likeness (QED) is 0.807. The minimum atomic E-state index is -0.506. The molecule has 0 unspecified atom stereocenters. The molecule has 2 heterocycles. The van der Waals surface area contributed by atoms with Crippen LogP contribution >= 0.6 is 0 Å². The molecule has 0 aliphatic heterocycles. The van der Waals surface area contributed by atoms with E-state index in [4.69, 9.17) is 0 Å². The van der Waals surface area contributed by atoms with Gasteiger partial charge in [0, 0.05) is 5.92 Å². The Labute approximate surface area is 122 Å². The molecule has 2 aromatic rings. The van der Waals surface area contributed by atoms with Crippen LogP contribution in [0, 0.1) is 5.92 Å². The summed E-state index contributed by atoms with van der Waals surface area (Å²) in [6.45, 7) is 2.23. The Kier molecular flexibility index (Phi) is 3.94. The molecule has 0 bridgehead atoms. The van der Waals surface area contributed by atoms with Gasteiger partial charge >= 0.3 is 5.69 Å². The van der Waals surface area contributed by atoms with Crippen molar-refractivity contribution in [2.75, 3.05) is 0 Å². The maximum Gasteiger partial charge on any atom is 0.327 e. The summed E-state index contributed by atoms with van der Waals surface area (Å²) in [4.78, 5) is 35.3. The van der Waals surface area contributed by atoms with Gasteiger partial charge in [-0.2, -0.15) is 0 Å². The Morgan fingerprint density at radius 3 is 2.57 bits per heavy atom. The number of fused-ring (bicyclic) bond motifs is 1. The van der Waals surface area contributed by atoms with E-state index in [1.54, 1.807) is 0 Å². The molecule has 2 aromatic heterocycles. The normalized spacial score (nSPS) is 22.7. The largest absolute Gasteiger partial charge is 0.336 e. The first-order valence-electron chi connectivity index (χ1n) is 7.89. The average Bonchev–Trinajstić information content (AvgIpc) is 2.90. The molecule has 0 saturated heterocycles. The molecule has 1 aliphatic rings. The fourth-order valence-corrected chi connectivity index (χ4v) is 3.36. The van der Waals surface area contributed by atoms with Gasteiger partial charge in [0.05, 0.1) is 0 Å². The van der Waals surface area contributed by atoms with Crippen LogP contribution in [0.3, 0.4) is 0 Å². The summed E-state index contributed by atoms with van der Waals surface area (Å²) in [6, 6.07) is 0. The predicted molar refractivity (Wildman–Crippen MR) is 81.6 cm³/mol. The second-order valence-electron chi connectivity index (χ2n) is 6.11. The van der Waals surface area contributed by atoms with E-state index in [-0.39, 0.29) is 0 Å². The zero-order valence-corrected chi connectivity index (χ0v) is 12.4. The van der Waals surface area contributed by atoms with E-state index in [1.807, 2.05) is 0 Å². The van der Waals surface area contributed by atoms with Crippen LogP contribution in [0.2, 0.25) is 0 Å². The molecular weight excluding hydrogens is 268 g/mol. The van der Waals surface area contributed by atoms with Gasteiger partial charge in [-0.3, -0.25) is 14.8 Å². The number of unbranched alkanes of at least 4 members (excludes halogenated alkanes) is 1. The summed E-state index contributed by atoms with van der Waals surface area (Å²) >= 11 is 0. The Hall–Kier alpha value is -1.85. The van der Waals surface area contributed by atoms with Crippen molar-refractivity contribution in [3.05, 3.63) is 26.7 Å². The number of hydrogen-bond acceptors (Lipinski definition) is 3. The van der Waals surface area contributed by atoms with Crippen molar-refractivity contribution in [2.45, 2.75) is 57.8 Å². The molecule has 3 N–H and O–H groups in total. The number of hydrogen-bond donors (Lipinski definition) is 3. The van der Waals surface area contributed by atoms with Crippen molar-refractivity contribution in [2.24, 2.45) is 5.92 Å². The third kappa shape index (κ3) is 2.94. The molecule has 6 nitrogen and oxygen atoms in total. The number of imidazole rings is 1. The van der Waals surface area contributed by atoms with Gasteiger partial charge in [0.2, 0.25) is 0 Å². The second kappa shape index (κ2) is 5.87. The molecule has 1 saturated carbocycles. The van der Waals surface area contributed by atoms with Crippen molar-refractivity contribution in [3.63, 3.8) is 0 Å². The molecule has 0 spiro atoms. The summed E-state index contributed by atoms with van der Waals surface area (Å²) in [5.74, 6) is 2.05. The number of aromatic amines is 3. The molecular formula is C15H22N4O2. The van der Waals surface area contributed by atoms with E-state index < -0.39 is 11.2 Å². The highest BCUT2D eigenvalue weighted by Crippen LogP contribution is 2.36. The maximum absolute atomic E-state index is 11.7. The Bertz CT molecular complexity index is 719. The van der Waals surface area contributed by atoms with Crippen molar-refractivity contribution in [3.8, 4) is 0 Å². The van der Waals surface area contributed by atoms with Gasteiger partial charge in [-0.05, 0) is 31.6 Å². The first kappa shape index (κ1) is 14.1. The van der Waals surface area contributed by atoms with E-state index in [2.05, 4.69) is 26.9 Å². The van der Waals surface area contributed by atoms with Gasteiger partial charge < -0.3 is 4.98 Å². The van der Waals surface area contributed by atoms with Crippen molar-refractivity contribution < 1.29 is 0 Å². The third-order valence-corrected chi connectivity index (χ3v) is 4.61. The molecule has 0 atom stereocenters. The van der Waals surface area contributed by atoms with Gasteiger partial charge in [-0.25, -0.2) is 9.78 Å². The fourth-order valence-electron chi connectivity index (χ4n) is 3.36. The highest BCUT2D eigenvalue weighted by atomic mass is 16.2. The lowest BCUT2D eigenvalue weighted by Crippen LogP contribution is -2.21. The van der Waals surface area contributed by atoms with Crippen molar-refractivity contribution in [1.82, 2.24) is 19.9 Å². The summed E-state index contributed by atoms with van der Waals surface area (Å²) in [5.41, 5.74) is -0.164. The summed E-state index contributed by atoms with van der Waals surface area (Å²) in [5, 5.41) is 0. The molecule has 1 fully saturated rings. The molecule has 0 amide bonds. The van der Waals surface area contributed by atoms with Crippen molar-refractivity contribution in [1.29, 1.82) is 0 Å². The standard InChI is InChI=1S/C15H22N4O2/c1-2-3-4-9-5-7-10(8-6-9)12-16-11-13(17-12)18-15(21)19-14(11)20/h9-10H,2-8H2,1H3,(H3,16,17,18,19,20,21). The van der Waals surface area contributed by atoms with Crippen LogP contribution in [-0.4, -0.2) is 19.9 Å². The Morgan fingerprint density at radius 1 is 1.10 bits per heavy atom. The minimum Gasteiger partial charge on any atom is -0.336 e. The summed E-state index contributed by atoms with van der Waals surface area (Å²) in [6.07, 6.45) is 8.59. The van der Waals surface area contributed by atoms with Gasteiger partial charge in [-0.15, -0.1) is 0 Å². The van der Waals surface area contributed by atoms with Crippen LogP contribution in [-0.2, 0) is 0 Å². The van der Waals surface area contributed by atoms with Gasteiger partial charge in [0.15, 0.2) is 5.65 Å². The lowest BCUT2D eigenvalue weighted by Gasteiger charge is -2.27. The van der Waals surface area contributed by atoms with Crippen LogP contribution in [0.5, 0.6) is 0 Å². The van der Waals surface area contributed by atoms with E-state index in [1.165, 1.54) is 32.1 Å².